The highest BCUT2D eigenvalue weighted by Crippen LogP contribution is 2.25. The van der Waals surface area contributed by atoms with Crippen LogP contribution in [0, 0.1) is 6.92 Å². The van der Waals surface area contributed by atoms with Gasteiger partial charge in [0.1, 0.15) is 6.17 Å². The Hall–Kier alpha value is -3.03. The van der Waals surface area contributed by atoms with Gasteiger partial charge in [0.15, 0.2) is 5.96 Å². The van der Waals surface area contributed by atoms with Gasteiger partial charge >= 0.3 is 0 Å². The van der Waals surface area contributed by atoms with Crippen LogP contribution < -0.4 is 27.4 Å². The summed E-state index contributed by atoms with van der Waals surface area (Å²) in [5.74, 6) is -0.0602. The monoisotopic (exact) mass is 412 g/mol. The quantitative estimate of drug-likeness (QED) is 0.427. The molecule has 0 saturated heterocycles. The van der Waals surface area contributed by atoms with E-state index in [-0.39, 0.29) is 6.17 Å². The van der Waals surface area contributed by atoms with Crippen molar-refractivity contribution in [1.82, 2.24) is 10.6 Å². The number of benzene rings is 2. The van der Waals surface area contributed by atoms with Crippen molar-refractivity contribution in [3.63, 3.8) is 0 Å². The molecular formula is C21H25ClN6O. The second kappa shape index (κ2) is 9.45. The fourth-order valence-electron chi connectivity index (χ4n) is 3.04. The van der Waals surface area contributed by atoms with Crippen molar-refractivity contribution < 1.29 is 4.79 Å². The van der Waals surface area contributed by atoms with E-state index >= 15 is 0 Å². The minimum Gasteiger partial charge on any atom is -0.385 e. The van der Waals surface area contributed by atoms with E-state index in [1.54, 1.807) is 12.1 Å². The number of rotatable bonds is 8. The molecule has 8 heteroatoms. The van der Waals surface area contributed by atoms with Gasteiger partial charge in [-0.3, -0.25) is 10.1 Å². The Labute approximate surface area is 175 Å². The molecule has 0 saturated carbocycles. The number of aliphatic imine (C=N–C) groups is 1. The lowest BCUT2D eigenvalue weighted by Crippen LogP contribution is -2.40. The first kappa shape index (κ1) is 20.7. The normalized spacial score (nSPS) is 15.9. The molecule has 0 bridgehead atoms. The van der Waals surface area contributed by atoms with Crippen molar-refractivity contribution in [2.75, 3.05) is 18.4 Å². The molecule has 7 N–H and O–H groups in total. The van der Waals surface area contributed by atoms with Gasteiger partial charge in [0.25, 0.3) is 0 Å². The summed E-state index contributed by atoms with van der Waals surface area (Å²) in [6.45, 7) is 3.51. The van der Waals surface area contributed by atoms with Crippen molar-refractivity contribution in [3.8, 4) is 0 Å². The van der Waals surface area contributed by atoms with Crippen LogP contribution in [-0.4, -0.2) is 31.1 Å². The summed E-state index contributed by atoms with van der Waals surface area (Å²) in [7, 11) is 0. The highest BCUT2D eigenvalue weighted by atomic mass is 35.5. The van der Waals surface area contributed by atoms with Crippen LogP contribution in [0.5, 0.6) is 0 Å². The summed E-state index contributed by atoms with van der Waals surface area (Å²) >= 11 is 6.24. The van der Waals surface area contributed by atoms with Crippen LogP contribution in [0.15, 0.2) is 53.5 Å². The first-order valence-electron chi connectivity index (χ1n) is 9.39. The van der Waals surface area contributed by atoms with Crippen LogP contribution in [0.2, 0.25) is 5.02 Å². The molecule has 2 aromatic carbocycles. The average molecular weight is 413 g/mol. The third-order valence-corrected chi connectivity index (χ3v) is 5.04. The number of carbonyl (C=O) groups is 1. The van der Waals surface area contributed by atoms with Crippen molar-refractivity contribution >= 4 is 34.9 Å². The third kappa shape index (κ3) is 5.49. The van der Waals surface area contributed by atoms with E-state index < -0.39 is 5.91 Å². The summed E-state index contributed by atoms with van der Waals surface area (Å²) in [5, 5.41) is 10.5. The van der Waals surface area contributed by atoms with Crippen LogP contribution >= 0.6 is 11.6 Å². The first-order valence-corrected chi connectivity index (χ1v) is 9.76. The van der Waals surface area contributed by atoms with Gasteiger partial charge in [-0.25, -0.2) is 4.99 Å². The Morgan fingerprint density at radius 3 is 2.69 bits per heavy atom. The van der Waals surface area contributed by atoms with Crippen LogP contribution in [0.25, 0.3) is 5.70 Å². The second-order valence-corrected chi connectivity index (χ2v) is 7.16. The van der Waals surface area contributed by atoms with E-state index in [9.17, 15) is 4.79 Å². The molecule has 0 aromatic heterocycles. The summed E-state index contributed by atoms with van der Waals surface area (Å²) in [6.07, 6.45) is 2.68. The number of amides is 1. The van der Waals surface area contributed by atoms with E-state index in [0.29, 0.717) is 16.5 Å². The second-order valence-electron chi connectivity index (χ2n) is 6.75. The van der Waals surface area contributed by atoms with Gasteiger partial charge in [-0.2, -0.15) is 0 Å². The fourth-order valence-corrected chi connectivity index (χ4v) is 3.22. The predicted octanol–water partition coefficient (Wildman–Crippen LogP) is 2.42. The average Bonchev–Trinajstić information content (AvgIpc) is 2.69. The van der Waals surface area contributed by atoms with E-state index in [1.807, 2.05) is 43.3 Å². The number of hydrogen-bond acceptors (Lipinski definition) is 6. The summed E-state index contributed by atoms with van der Waals surface area (Å²) < 4.78 is 0. The molecule has 152 valence electrons. The van der Waals surface area contributed by atoms with Crippen molar-refractivity contribution in [2.24, 2.45) is 16.5 Å². The molecule has 1 amide bonds. The highest BCUT2D eigenvalue weighted by molar-refractivity contribution is 6.31. The molecule has 1 atom stereocenters. The molecule has 0 spiro atoms. The largest absolute Gasteiger partial charge is 0.385 e. The Morgan fingerprint density at radius 1 is 1.21 bits per heavy atom. The zero-order valence-corrected chi connectivity index (χ0v) is 17.0. The summed E-state index contributed by atoms with van der Waals surface area (Å²) in [5.41, 5.74) is 15.5. The highest BCUT2D eigenvalue weighted by Gasteiger charge is 2.16. The molecule has 1 aliphatic heterocycles. The lowest BCUT2D eigenvalue weighted by Gasteiger charge is -2.22. The van der Waals surface area contributed by atoms with Crippen LogP contribution in [0.3, 0.4) is 0 Å². The fraction of sp³-hybridized carbons (Fsp3) is 0.238. The predicted molar refractivity (Wildman–Crippen MR) is 119 cm³/mol. The van der Waals surface area contributed by atoms with Gasteiger partial charge in [-0.15, -0.1) is 0 Å². The number of nitrogens with one attached hydrogen (secondary N) is 3. The zero-order valence-electron chi connectivity index (χ0n) is 16.2. The minimum atomic E-state index is -0.428. The number of carbonyl (C=O) groups excluding carboxylic acids is 1. The van der Waals surface area contributed by atoms with Crippen LogP contribution in [0.1, 0.15) is 27.9 Å². The first-order chi connectivity index (χ1) is 13.9. The zero-order chi connectivity index (χ0) is 20.8. The molecule has 1 heterocycles. The maximum atomic E-state index is 11.1. The standard InChI is InChI=1S/C21H25ClN6O/c1-13-16(4-2-5-17(13)22)18-12-19(28-21(24)27-18)26-11-3-10-25-15-8-6-14(7-9-15)20(23)29/h2,4-9,12,19,25-26H,3,10-11H2,1H3,(H2,23,29)(H3,24,27,28). The van der Waals surface area contributed by atoms with E-state index in [0.717, 1.165) is 42.0 Å². The van der Waals surface area contributed by atoms with Gasteiger partial charge in [-0.1, -0.05) is 23.7 Å². The molecule has 0 radical (unpaired) electrons. The molecule has 0 fully saturated rings. The number of halogens is 1. The Bertz CT molecular complexity index is 939. The SMILES string of the molecule is Cc1c(Cl)cccc1C1=CC(NCCCNc2ccc(C(N)=O)cc2)N=C(N)N1. The van der Waals surface area contributed by atoms with Gasteiger partial charge < -0.3 is 22.1 Å². The molecule has 1 unspecified atom stereocenters. The molecule has 29 heavy (non-hydrogen) atoms. The Kier molecular flexibility index (Phi) is 6.74. The molecule has 0 aliphatic carbocycles. The van der Waals surface area contributed by atoms with Crippen molar-refractivity contribution in [3.05, 3.63) is 70.3 Å². The van der Waals surface area contributed by atoms with Crippen LogP contribution in [-0.2, 0) is 0 Å². The maximum absolute atomic E-state index is 11.1. The summed E-state index contributed by atoms with van der Waals surface area (Å²) in [6, 6.07) is 12.9. The molecule has 3 rings (SSSR count). The summed E-state index contributed by atoms with van der Waals surface area (Å²) in [4.78, 5) is 15.5. The lowest BCUT2D eigenvalue weighted by atomic mass is 10.0. The van der Waals surface area contributed by atoms with Crippen molar-refractivity contribution in [1.29, 1.82) is 0 Å². The number of primary amides is 1. The molecule has 1 aliphatic rings. The number of hydrogen-bond donors (Lipinski definition) is 5. The Balaban J connectivity index is 1.50. The smallest absolute Gasteiger partial charge is 0.248 e. The lowest BCUT2D eigenvalue weighted by molar-refractivity contribution is 0.100. The number of anilines is 1. The minimum absolute atomic E-state index is 0.209. The van der Waals surface area contributed by atoms with E-state index in [1.165, 1.54) is 0 Å². The van der Waals surface area contributed by atoms with Crippen LogP contribution in [0.4, 0.5) is 5.69 Å². The van der Waals surface area contributed by atoms with E-state index in [2.05, 4.69) is 20.9 Å². The molecular weight excluding hydrogens is 388 g/mol. The maximum Gasteiger partial charge on any atom is 0.248 e. The molecule has 2 aromatic rings. The molecule has 7 nitrogen and oxygen atoms in total. The van der Waals surface area contributed by atoms with Gasteiger partial charge in [0.05, 0.1) is 0 Å². The number of nitrogens with zero attached hydrogens (tertiary/aromatic N) is 1. The number of guanidine groups is 1. The topological polar surface area (TPSA) is 118 Å². The third-order valence-electron chi connectivity index (χ3n) is 4.63. The van der Waals surface area contributed by atoms with Crippen molar-refractivity contribution in [2.45, 2.75) is 19.5 Å². The van der Waals surface area contributed by atoms with Gasteiger partial charge in [-0.05, 0) is 61.9 Å². The van der Waals surface area contributed by atoms with E-state index in [4.69, 9.17) is 23.1 Å². The Morgan fingerprint density at radius 2 is 1.97 bits per heavy atom. The van der Waals surface area contributed by atoms with Gasteiger partial charge in [0.2, 0.25) is 5.91 Å². The van der Waals surface area contributed by atoms with Gasteiger partial charge in [0, 0.05) is 34.1 Å². The number of nitrogens with two attached hydrogens (primary N) is 2.